The maximum Gasteiger partial charge on any atom is 0.168 e. The van der Waals surface area contributed by atoms with E-state index < -0.39 is 0 Å². The van der Waals surface area contributed by atoms with E-state index in [1.54, 1.807) is 0 Å². The van der Waals surface area contributed by atoms with Gasteiger partial charge in [0.2, 0.25) is 0 Å². The Morgan fingerprint density at radius 1 is 1.24 bits per heavy atom. The van der Waals surface area contributed by atoms with Crippen LogP contribution in [0.3, 0.4) is 0 Å². The van der Waals surface area contributed by atoms with Gasteiger partial charge in [0.1, 0.15) is 13.1 Å². The lowest BCUT2D eigenvalue weighted by Gasteiger charge is -2.23. The van der Waals surface area contributed by atoms with Gasteiger partial charge in [0, 0.05) is 5.56 Å². The number of Topliss-reactive ketones (excluding diaryl/α,β-unsaturated/α-hetero) is 1. The number of aryl methyl sites for hydroxylation is 1. The maximum absolute atomic E-state index is 12.0. The second-order valence-corrected chi connectivity index (χ2v) is 4.65. The molecule has 0 radical (unpaired) electrons. The van der Waals surface area contributed by atoms with Gasteiger partial charge in [-0.2, -0.15) is 0 Å². The average molecular weight is 234 g/mol. The SMILES string of the molecule is Cc1ccc(C(=O)CC[NH+]2CCOCC2)cc1. The summed E-state index contributed by atoms with van der Waals surface area (Å²) in [5, 5.41) is 0. The van der Waals surface area contributed by atoms with Crippen molar-refractivity contribution < 1.29 is 14.4 Å². The zero-order valence-electron chi connectivity index (χ0n) is 10.4. The van der Waals surface area contributed by atoms with Gasteiger partial charge in [-0.25, -0.2) is 0 Å². The van der Waals surface area contributed by atoms with Gasteiger partial charge in [-0.3, -0.25) is 4.79 Å². The Hall–Kier alpha value is -1.19. The molecule has 1 saturated heterocycles. The summed E-state index contributed by atoms with van der Waals surface area (Å²) in [6, 6.07) is 7.84. The van der Waals surface area contributed by atoms with Gasteiger partial charge in [0.15, 0.2) is 5.78 Å². The van der Waals surface area contributed by atoms with Crippen molar-refractivity contribution in [3.8, 4) is 0 Å². The molecule has 0 bridgehead atoms. The lowest BCUT2D eigenvalue weighted by molar-refractivity contribution is -0.907. The fourth-order valence-electron chi connectivity index (χ4n) is 2.08. The van der Waals surface area contributed by atoms with E-state index in [9.17, 15) is 4.79 Å². The number of quaternary nitrogens is 1. The second kappa shape index (κ2) is 5.94. The zero-order valence-corrected chi connectivity index (χ0v) is 10.4. The Labute approximate surface area is 102 Å². The maximum atomic E-state index is 12.0. The molecule has 0 aromatic heterocycles. The molecule has 1 aromatic carbocycles. The molecule has 1 N–H and O–H groups in total. The topological polar surface area (TPSA) is 30.7 Å². The minimum absolute atomic E-state index is 0.254. The van der Waals surface area contributed by atoms with Crippen LogP contribution in [0, 0.1) is 6.92 Å². The minimum Gasteiger partial charge on any atom is -0.370 e. The van der Waals surface area contributed by atoms with Gasteiger partial charge in [-0.1, -0.05) is 29.8 Å². The van der Waals surface area contributed by atoms with E-state index in [4.69, 9.17) is 4.74 Å². The smallest absolute Gasteiger partial charge is 0.168 e. The van der Waals surface area contributed by atoms with Gasteiger partial charge in [0.05, 0.1) is 26.2 Å². The number of rotatable bonds is 4. The molecule has 0 unspecified atom stereocenters. The first-order valence-electron chi connectivity index (χ1n) is 6.27. The number of carbonyl (C=O) groups is 1. The molecular weight excluding hydrogens is 214 g/mol. The molecule has 3 heteroatoms. The molecule has 1 aromatic rings. The summed E-state index contributed by atoms with van der Waals surface area (Å²) >= 11 is 0. The molecule has 2 rings (SSSR count). The number of morpholine rings is 1. The zero-order chi connectivity index (χ0) is 12.1. The predicted octanol–water partition coefficient (Wildman–Crippen LogP) is 0.483. The van der Waals surface area contributed by atoms with E-state index in [1.165, 1.54) is 10.5 Å². The van der Waals surface area contributed by atoms with Crippen molar-refractivity contribution in [1.82, 2.24) is 0 Å². The predicted molar refractivity (Wildman–Crippen MR) is 66.5 cm³/mol. The Kier molecular flexibility index (Phi) is 4.29. The summed E-state index contributed by atoms with van der Waals surface area (Å²) in [5.74, 6) is 0.254. The normalized spacial score (nSPS) is 17.0. The molecule has 1 aliphatic heterocycles. The largest absolute Gasteiger partial charge is 0.370 e. The molecule has 1 aliphatic rings. The first kappa shape index (κ1) is 12.3. The number of ketones is 1. The van der Waals surface area contributed by atoms with Crippen LogP contribution in [0.1, 0.15) is 22.3 Å². The highest BCUT2D eigenvalue weighted by Crippen LogP contribution is 2.05. The van der Waals surface area contributed by atoms with Crippen molar-refractivity contribution in [2.45, 2.75) is 13.3 Å². The van der Waals surface area contributed by atoms with Gasteiger partial charge >= 0.3 is 0 Å². The molecule has 17 heavy (non-hydrogen) atoms. The molecule has 1 fully saturated rings. The summed E-state index contributed by atoms with van der Waals surface area (Å²) < 4.78 is 5.30. The van der Waals surface area contributed by atoms with Crippen LogP contribution in [-0.4, -0.2) is 38.6 Å². The van der Waals surface area contributed by atoms with Crippen LogP contribution in [0.5, 0.6) is 0 Å². The molecule has 0 spiro atoms. The molecule has 0 aliphatic carbocycles. The fraction of sp³-hybridized carbons (Fsp3) is 0.500. The van der Waals surface area contributed by atoms with E-state index in [-0.39, 0.29) is 5.78 Å². The van der Waals surface area contributed by atoms with Crippen molar-refractivity contribution in [3.63, 3.8) is 0 Å². The van der Waals surface area contributed by atoms with Crippen molar-refractivity contribution in [3.05, 3.63) is 35.4 Å². The highest BCUT2D eigenvalue weighted by molar-refractivity contribution is 5.96. The third kappa shape index (κ3) is 3.65. The standard InChI is InChI=1S/C14H19NO2/c1-12-2-4-13(5-3-12)14(16)6-7-15-8-10-17-11-9-15/h2-5H,6-11H2,1H3/p+1. The van der Waals surface area contributed by atoms with Gasteiger partial charge in [0.25, 0.3) is 0 Å². The molecule has 1 heterocycles. The summed E-state index contributed by atoms with van der Waals surface area (Å²) in [6.07, 6.45) is 0.637. The first-order chi connectivity index (χ1) is 8.25. The molecular formula is C14H20NO2+. The lowest BCUT2D eigenvalue weighted by Crippen LogP contribution is -3.14. The molecule has 0 atom stereocenters. The van der Waals surface area contributed by atoms with Crippen molar-refractivity contribution in [2.75, 3.05) is 32.8 Å². The van der Waals surface area contributed by atoms with Gasteiger partial charge in [-0.15, -0.1) is 0 Å². The lowest BCUT2D eigenvalue weighted by atomic mass is 10.1. The average Bonchev–Trinajstić information content (AvgIpc) is 2.38. The fourth-order valence-corrected chi connectivity index (χ4v) is 2.08. The summed E-state index contributed by atoms with van der Waals surface area (Å²) in [4.78, 5) is 13.4. The summed E-state index contributed by atoms with van der Waals surface area (Å²) in [5.41, 5.74) is 2.03. The molecule has 0 saturated carbocycles. The number of benzene rings is 1. The van der Waals surface area contributed by atoms with Crippen LogP contribution in [0.15, 0.2) is 24.3 Å². The summed E-state index contributed by atoms with van der Waals surface area (Å²) in [6.45, 7) is 6.67. The summed E-state index contributed by atoms with van der Waals surface area (Å²) in [7, 11) is 0. The van der Waals surface area contributed by atoms with Crippen molar-refractivity contribution >= 4 is 5.78 Å². The van der Waals surface area contributed by atoms with Crippen LogP contribution in [-0.2, 0) is 4.74 Å². The number of nitrogens with one attached hydrogen (secondary N) is 1. The van der Waals surface area contributed by atoms with E-state index in [0.29, 0.717) is 6.42 Å². The molecule has 92 valence electrons. The monoisotopic (exact) mass is 234 g/mol. The van der Waals surface area contributed by atoms with Gasteiger partial charge < -0.3 is 9.64 Å². The number of ether oxygens (including phenoxy) is 1. The van der Waals surface area contributed by atoms with E-state index in [2.05, 4.69) is 0 Å². The van der Waals surface area contributed by atoms with Crippen LogP contribution >= 0.6 is 0 Å². The van der Waals surface area contributed by atoms with Crippen molar-refractivity contribution in [1.29, 1.82) is 0 Å². The van der Waals surface area contributed by atoms with Gasteiger partial charge in [-0.05, 0) is 6.92 Å². The van der Waals surface area contributed by atoms with Crippen LogP contribution < -0.4 is 4.90 Å². The molecule has 3 nitrogen and oxygen atoms in total. The Morgan fingerprint density at radius 3 is 2.53 bits per heavy atom. The number of hydrogen-bond acceptors (Lipinski definition) is 2. The highest BCUT2D eigenvalue weighted by atomic mass is 16.5. The van der Waals surface area contributed by atoms with E-state index in [0.717, 1.165) is 38.4 Å². The quantitative estimate of drug-likeness (QED) is 0.768. The third-order valence-electron chi connectivity index (χ3n) is 3.28. The van der Waals surface area contributed by atoms with Crippen molar-refractivity contribution in [2.24, 2.45) is 0 Å². The van der Waals surface area contributed by atoms with E-state index in [1.807, 2.05) is 31.2 Å². The van der Waals surface area contributed by atoms with E-state index >= 15 is 0 Å². The van der Waals surface area contributed by atoms with Crippen LogP contribution in [0.2, 0.25) is 0 Å². The highest BCUT2D eigenvalue weighted by Gasteiger charge is 2.15. The second-order valence-electron chi connectivity index (χ2n) is 4.65. The number of carbonyl (C=O) groups excluding carboxylic acids is 1. The number of hydrogen-bond donors (Lipinski definition) is 1. The minimum atomic E-state index is 0.254. The molecule has 0 amide bonds. The third-order valence-corrected chi connectivity index (χ3v) is 3.28. The van der Waals surface area contributed by atoms with Crippen LogP contribution in [0.25, 0.3) is 0 Å². The van der Waals surface area contributed by atoms with Crippen LogP contribution in [0.4, 0.5) is 0 Å². The Balaban J connectivity index is 1.82. The first-order valence-corrected chi connectivity index (χ1v) is 6.27. The Bertz CT molecular complexity index is 366. The Morgan fingerprint density at radius 2 is 1.88 bits per heavy atom.